The van der Waals surface area contributed by atoms with Gasteiger partial charge in [-0.05, 0) is 54.6 Å². The molecule has 0 saturated carbocycles. The van der Waals surface area contributed by atoms with E-state index < -0.39 is 6.10 Å². The maximum absolute atomic E-state index is 11.7. The number of ether oxygens (including phenoxy) is 2. The average Bonchev–Trinajstić information content (AvgIpc) is 2.73. The van der Waals surface area contributed by atoms with Crippen LogP contribution in [0.15, 0.2) is 82.6 Å². The molecule has 0 N–H and O–H groups in total. The van der Waals surface area contributed by atoms with Gasteiger partial charge in [-0.25, -0.2) is 0 Å². The van der Waals surface area contributed by atoms with E-state index in [4.69, 9.17) is 14.7 Å². The van der Waals surface area contributed by atoms with Gasteiger partial charge in [0.1, 0.15) is 11.5 Å². The summed E-state index contributed by atoms with van der Waals surface area (Å²) in [6, 6.07) is 24.2. The normalized spacial score (nSPS) is 11.3. The van der Waals surface area contributed by atoms with Crippen LogP contribution in [0.1, 0.15) is 17.2 Å². The molecule has 1 atom stereocenters. The highest BCUT2D eigenvalue weighted by molar-refractivity contribution is 7.99. The fourth-order valence-corrected chi connectivity index (χ4v) is 3.47. The van der Waals surface area contributed by atoms with Gasteiger partial charge < -0.3 is 9.47 Å². The van der Waals surface area contributed by atoms with Crippen molar-refractivity contribution in [3.05, 3.63) is 83.9 Å². The number of nitrogens with zero attached hydrogens (tertiary/aromatic N) is 1. The molecule has 0 radical (unpaired) electrons. The summed E-state index contributed by atoms with van der Waals surface area (Å²) in [5.41, 5.74) is 1.33. The molecule has 0 aliphatic rings. The molecule has 3 aromatic rings. The van der Waals surface area contributed by atoms with Gasteiger partial charge in [0.25, 0.3) is 0 Å². The minimum absolute atomic E-state index is 0.537. The molecular formula is C22H17NO3S. The summed E-state index contributed by atoms with van der Waals surface area (Å²) in [5.74, 6) is 1.33. The van der Waals surface area contributed by atoms with Crippen molar-refractivity contribution >= 4 is 18.0 Å². The fraction of sp³-hybridized carbons (Fsp3) is 0.0909. The van der Waals surface area contributed by atoms with Gasteiger partial charge in [0.2, 0.25) is 0 Å². The number of hydrogen-bond donors (Lipinski definition) is 0. The molecule has 1 unspecified atom stereocenters. The fourth-order valence-electron chi connectivity index (χ4n) is 2.50. The Hall–Kier alpha value is -3.23. The second-order valence-corrected chi connectivity index (χ2v) is 6.74. The molecule has 27 heavy (non-hydrogen) atoms. The summed E-state index contributed by atoms with van der Waals surface area (Å²) >= 11 is 1.56. The molecule has 0 bridgehead atoms. The van der Waals surface area contributed by atoms with Crippen molar-refractivity contribution in [3.63, 3.8) is 0 Å². The Morgan fingerprint density at radius 3 is 2.26 bits per heavy atom. The number of methoxy groups -OCH3 is 1. The molecular weight excluding hydrogens is 358 g/mol. The topological polar surface area (TPSA) is 59.3 Å². The van der Waals surface area contributed by atoms with E-state index in [1.807, 2.05) is 48.5 Å². The van der Waals surface area contributed by atoms with Crippen molar-refractivity contribution in [2.45, 2.75) is 15.9 Å². The Morgan fingerprint density at radius 2 is 1.63 bits per heavy atom. The number of rotatable bonds is 7. The van der Waals surface area contributed by atoms with Gasteiger partial charge in [-0.2, -0.15) is 5.26 Å². The Balaban J connectivity index is 1.83. The third-order valence-corrected chi connectivity index (χ3v) is 4.98. The Morgan fingerprint density at radius 1 is 0.963 bits per heavy atom. The van der Waals surface area contributed by atoms with Crippen LogP contribution >= 0.6 is 11.8 Å². The van der Waals surface area contributed by atoms with Crippen molar-refractivity contribution in [1.29, 1.82) is 5.26 Å². The minimum atomic E-state index is -0.736. The molecule has 0 aromatic heterocycles. The highest BCUT2D eigenvalue weighted by atomic mass is 32.2. The molecule has 0 amide bonds. The minimum Gasteiger partial charge on any atom is -0.497 e. The first-order chi connectivity index (χ1) is 13.2. The van der Waals surface area contributed by atoms with Gasteiger partial charge in [-0.3, -0.25) is 4.79 Å². The largest absolute Gasteiger partial charge is 0.497 e. The first kappa shape index (κ1) is 18.6. The Bertz CT molecular complexity index is 947. The molecule has 4 nitrogen and oxygen atoms in total. The van der Waals surface area contributed by atoms with Crippen LogP contribution in [0.4, 0.5) is 0 Å². The van der Waals surface area contributed by atoms with Crippen LogP contribution in [0.5, 0.6) is 11.5 Å². The van der Waals surface area contributed by atoms with Gasteiger partial charge in [0, 0.05) is 15.4 Å². The van der Waals surface area contributed by atoms with E-state index in [0.717, 1.165) is 27.4 Å². The lowest BCUT2D eigenvalue weighted by Crippen LogP contribution is -2.10. The smallest absolute Gasteiger partial charge is 0.180 e. The summed E-state index contributed by atoms with van der Waals surface area (Å²) in [6.45, 7) is 0. The van der Waals surface area contributed by atoms with Gasteiger partial charge in [-0.15, -0.1) is 0 Å². The van der Waals surface area contributed by atoms with E-state index >= 15 is 0 Å². The molecule has 0 saturated heterocycles. The second kappa shape index (κ2) is 8.93. The molecule has 3 rings (SSSR count). The SMILES string of the molecule is COc1ccc(Sc2ccccc2C(C=O)Oc2ccc(C#N)cc2)cc1. The highest BCUT2D eigenvalue weighted by Gasteiger charge is 2.17. The zero-order valence-corrected chi connectivity index (χ0v) is 15.5. The lowest BCUT2D eigenvalue weighted by Gasteiger charge is -2.17. The van der Waals surface area contributed by atoms with Crippen LogP contribution in [0.25, 0.3) is 0 Å². The molecule has 0 heterocycles. The first-order valence-electron chi connectivity index (χ1n) is 8.26. The van der Waals surface area contributed by atoms with E-state index in [9.17, 15) is 4.79 Å². The maximum Gasteiger partial charge on any atom is 0.180 e. The maximum atomic E-state index is 11.7. The van der Waals surface area contributed by atoms with Crippen molar-refractivity contribution in [3.8, 4) is 17.6 Å². The van der Waals surface area contributed by atoms with Gasteiger partial charge in [0.05, 0.1) is 18.7 Å². The van der Waals surface area contributed by atoms with Crippen LogP contribution in [0, 0.1) is 11.3 Å². The van der Waals surface area contributed by atoms with Gasteiger partial charge in [-0.1, -0.05) is 30.0 Å². The number of carbonyl (C=O) groups is 1. The summed E-state index contributed by atoms with van der Waals surface area (Å²) in [4.78, 5) is 13.7. The molecule has 3 aromatic carbocycles. The molecule has 0 aliphatic carbocycles. The van der Waals surface area contributed by atoms with E-state index in [-0.39, 0.29) is 0 Å². The third-order valence-electron chi connectivity index (χ3n) is 3.88. The monoisotopic (exact) mass is 375 g/mol. The first-order valence-corrected chi connectivity index (χ1v) is 9.08. The zero-order chi connectivity index (χ0) is 19.1. The second-order valence-electron chi connectivity index (χ2n) is 5.63. The van der Waals surface area contributed by atoms with Crippen LogP contribution < -0.4 is 9.47 Å². The number of hydrogen-bond acceptors (Lipinski definition) is 5. The molecule has 0 spiro atoms. The lowest BCUT2D eigenvalue weighted by atomic mass is 10.1. The quantitative estimate of drug-likeness (QED) is 0.542. The summed E-state index contributed by atoms with van der Waals surface area (Å²) < 4.78 is 11.0. The Kier molecular flexibility index (Phi) is 6.14. The molecule has 0 fully saturated rings. The van der Waals surface area contributed by atoms with Crippen molar-refractivity contribution in [1.82, 2.24) is 0 Å². The number of aldehydes is 1. The van der Waals surface area contributed by atoms with E-state index in [0.29, 0.717) is 11.3 Å². The van der Waals surface area contributed by atoms with Crippen LogP contribution in [0.3, 0.4) is 0 Å². The molecule has 134 valence electrons. The van der Waals surface area contributed by atoms with E-state index in [2.05, 4.69) is 6.07 Å². The van der Waals surface area contributed by atoms with Crippen molar-refractivity contribution < 1.29 is 14.3 Å². The number of nitriles is 1. The number of benzene rings is 3. The van der Waals surface area contributed by atoms with Crippen LogP contribution in [0.2, 0.25) is 0 Å². The van der Waals surface area contributed by atoms with Crippen LogP contribution in [-0.4, -0.2) is 13.4 Å². The lowest BCUT2D eigenvalue weighted by molar-refractivity contribution is -0.114. The van der Waals surface area contributed by atoms with Crippen molar-refractivity contribution in [2.24, 2.45) is 0 Å². The Labute approximate surface area is 162 Å². The standard InChI is InChI=1S/C22H17NO3S/c1-25-17-10-12-19(13-11-17)27-22-5-3-2-4-20(22)21(15-24)26-18-8-6-16(14-23)7-9-18/h2-13,15,21H,1H3. The zero-order valence-electron chi connectivity index (χ0n) is 14.7. The van der Waals surface area contributed by atoms with Crippen LogP contribution in [-0.2, 0) is 4.79 Å². The van der Waals surface area contributed by atoms with E-state index in [1.54, 1.807) is 43.1 Å². The summed E-state index contributed by atoms with van der Waals surface area (Å²) in [6.07, 6.45) is 0.0471. The van der Waals surface area contributed by atoms with Gasteiger partial charge in [0.15, 0.2) is 12.4 Å². The predicted octanol–water partition coefficient (Wildman–Crippen LogP) is 5.04. The van der Waals surface area contributed by atoms with Crippen molar-refractivity contribution in [2.75, 3.05) is 7.11 Å². The highest BCUT2D eigenvalue weighted by Crippen LogP contribution is 2.35. The molecule has 5 heteroatoms. The third kappa shape index (κ3) is 4.69. The number of carbonyl (C=O) groups excluding carboxylic acids is 1. The van der Waals surface area contributed by atoms with E-state index in [1.165, 1.54) is 0 Å². The molecule has 0 aliphatic heterocycles. The van der Waals surface area contributed by atoms with Gasteiger partial charge >= 0.3 is 0 Å². The summed E-state index contributed by atoms with van der Waals surface area (Å²) in [5, 5.41) is 8.89. The predicted molar refractivity (Wildman–Crippen MR) is 104 cm³/mol. The average molecular weight is 375 g/mol. The summed E-state index contributed by atoms with van der Waals surface area (Å²) in [7, 11) is 1.63.